The Balaban J connectivity index is 1.91. The van der Waals surface area contributed by atoms with Crippen LogP contribution in [0.2, 0.25) is 0 Å². The van der Waals surface area contributed by atoms with Crippen LogP contribution in [-0.4, -0.2) is 28.6 Å². The average Bonchev–Trinajstić information content (AvgIpc) is 3.33. The summed E-state index contributed by atoms with van der Waals surface area (Å²) in [6.07, 6.45) is 1.67. The number of fused-ring (bicyclic) bond motifs is 3. The maximum Gasteiger partial charge on any atom is 0.133 e. The maximum absolute atomic E-state index is 11.3. The van der Waals surface area contributed by atoms with Gasteiger partial charge in [0, 0.05) is 16.3 Å². The van der Waals surface area contributed by atoms with Crippen molar-refractivity contribution in [2.75, 3.05) is 0 Å². The molecule has 0 amide bonds. The minimum atomic E-state index is -0.0630. The van der Waals surface area contributed by atoms with Crippen LogP contribution in [0.15, 0.2) is 89.5 Å². The molecule has 6 radical (unpaired) electrons. The SMILES string of the molecule is [B]c1c([B])c(O)c2c(-c3ccccc3)c3ccccc3c(-c3ccc4occc4c3)c2c1[B]. The topological polar surface area (TPSA) is 33.4 Å². The second kappa shape index (κ2) is 7.35. The lowest BCUT2D eigenvalue weighted by Gasteiger charge is -2.23. The molecule has 5 heteroatoms. The molecule has 6 rings (SSSR count). The van der Waals surface area contributed by atoms with Gasteiger partial charge in [-0.3, -0.25) is 0 Å². The van der Waals surface area contributed by atoms with Crippen molar-refractivity contribution in [3.63, 3.8) is 0 Å². The summed E-state index contributed by atoms with van der Waals surface area (Å²) in [5.74, 6) is -0.0630. The van der Waals surface area contributed by atoms with Crippen LogP contribution >= 0.6 is 0 Å². The minimum Gasteiger partial charge on any atom is -0.508 e. The Morgan fingerprint density at radius 2 is 1.27 bits per heavy atom. The Kier molecular flexibility index (Phi) is 4.41. The van der Waals surface area contributed by atoms with Crippen molar-refractivity contribution < 1.29 is 9.52 Å². The number of benzene rings is 5. The molecule has 148 valence electrons. The van der Waals surface area contributed by atoms with Crippen molar-refractivity contribution in [1.29, 1.82) is 0 Å². The highest BCUT2D eigenvalue weighted by Gasteiger charge is 2.22. The molecule has 0 aliphatic rings. The molecule has 0 bridgehead atoms. The van der Waals surface area contributed by atoms with E-state index in [9.17, 15) is 5.11 Å². The first-order chi connectivity index (χ1) is 16.1. The van der Waals surface area contributed by atoms with E-state index in [0.717, 1.165) is 44.0 Å². The number of hydrogen-bond acceptors (Lipinski definition) is 2. The number of furan rings is 1. The summed E-state index contributed by atoms with van der Waals surface area (Å²) in [6, 6.07) is 26.0. The second-order valence-corrected chi connectivity index (χ2v) is 8.17. The smallest absolute Gasteiger partial charge is 0.133 e. The normalized spacial score (nSPS) is 11.5. The number of phenols is 1. The summed E-state index contributed by atoms with van der Waals surface area (Å²) >= 11 is 0. The van der Waals surface area contributed by atoms with Gasteiger partial charge in [0.05, 0.1) is 6.26 Å². The average molecular weight is 416 g/mol. The van der Waals surface area contributed by atoms with Gasteiger partial charge in [-0.1, -0.05) is 71.6 Å². The molecule has 0 fully saturated rings. The largest absolute Gasteiger partial charge is 0.508 e. The van der Waals surface area contributed by atoms with Gasteiger partial charge in [0.2, 0.25) is 0 Å². The molecule has 5 aromatic carbocycles. The van der Waals surface area contributed by atoms with Crippen LogP contribution in [0.5, 0.6) is 5.75 Å². The van der Waals surface area contributed by atoms with E-state index in [2.05, 4.69) is 18.2 Å². The van der Waals surface area contributed by atoms with Crippen LogP contribution in [0.3, 0.4) is 0 Å². The lowest BCUT2D eigenvalue weighted by atomic mass is 9.67. The first kappa shape index (κ1) is 19.8. The van der Waals surface area contributed by atoms with Gasteiger partial charge in [0.1, 0.15) is 34.9 Å². The number of rotatable bonds is 2. The van der Waals surface area contributed by atoms with E-state index in [-0.39, 0.29) is 16.7 Å². The molecule has 2 nitrogen and oxygen atoms in total. The quantitative estimate of drug-likeness (QED) is 0.340. The zero-order valence-electron chi connectivity index (χ0n) is 17.7. The number of aromatic hydroxyl groups is 1. The molecule has 1 heterocycles. The van der Waals surface area contributed by atoms with E-state index in [1.54, 1.807) is 6.26 Å². The molecule has 1 N–H and O–H groups in total. The van der Waals surface area contributed by atoms with E-state index in [1.165, 1.54) is 0 Å². The van der Waals surface area contributed by atoms with Crippen molar-refractivity contribution in [3.8, 4) is 28.0 Å². The van der Waals surface area contributed by atoms with Crippen LogP contribution in [0.25, 0.3) is 54.8 Å². The van der Waals surface area contributed by atoms with Crippen molar-refractivity contribution >= 4 is 72.4 Å². The number of phenolic OH excluding ortho intramolecular Hbond substituents is 1. The lowest BCUT2D eigenvalue weighted by Crippen LogP contribution is -2.39. The zero-order chi connectivity index (χ0) is 22.7. The van der Waals surface area contributed by atoms with Gasteiger partial charge in [-0.25, -0.2) is 0 Å². The molecule has 33 heavy (non-hydrogen) atoms. The molecular formula is C28H15B3O2. The molecule has 0 unspecified atom stereocenters. The Morgan fingerprint density at radius 3 is 2.00 bits per heavy atom. The molecule has 0 spiro atoms. The second-order valence-electron chi connectivity index (χ2n) is 8.17. The predicted molar refractivity (Wildman–Crippen MR) is 140 cm³/mol. The molecule has 6 aromatic rings. The highest BCUT2D eigenvalue weighted by atomic mass is 16.3. The summed E-state index contributed by atoms with van der Waals surface area (Å²) in [4.78, 5) is 0. The van der Waals surface area contributed by atoms with Crippen LogP contribution in [0.4, 0.5) is 0 Å². The van der Waals surface area contributed by atoms with Crippen molar-refractivity contribution in [1.82, 2.24) is 0 Å². The van der Waals surface area contributed by atoms with Gasteiger partial charge < -0.3 is 9.52 Å². The fourth-order valence-corrected chi connectivity index (χ4v) is 4.81. The summed E-state index contributed by atoms with van der Waals surface area (Å²) in [6.45, 7) is 0. The molecular weight excluding hydrogens is 401 g/mol. The van der Waals surface area contributed by atoms with E-state index < -0.39 is 0 Å². The van der Waals surface area contributed by atoms with Gasteiger partial charge in [-0.2, -0.15) is 0 Å². The third kappa shape index (κ3) is 2.85. The Bertz CT molecular complexity index is 1700. The Morgan fingerprint density at radius 1 is 0.606 bits per heavy atom. The van der Waals surface area contributed by atoms with Gasteiger partial charge in [0.15, 0.2) is 0 Å². The van der Waals surface area contributed by atoms with Crippen molar-refractivity contribution in [2.24, 2.45) is 0 Å². The standard InChI is InChI=1S/C28H15B3O2/c29-25-23-22(17-10-11-20-16(14-17)12-13-33-20)19-9-5-4-8-18(19)21(15-6-2-1-3-7-15)24(23)28(32)27(31)26(25)30/h1-14,32H. The maximum atomic E-state index is 11.3. The third-order valence-corrected chi connectivity index (χ3v) is 6.36. The lowest BCUT2D eigenvalue weighted by molar-refractivity contribution is 0.486. The summed E-state index contributed by atoms with van der Waals surface area (Å²) in [5.41, 5.74) is 5.07. The number of hydrogen-bond donors (Lipinski definition) is 1. The first-order valence-corrected chi connectivity index (χ1v) is 10.6. The molecule has 0 atom stereocenters. The van der Waals surface area contributed by atoms with E-state index in [0.29, 0.717) is 16.2 Å². The minimum absolute atomic E-state index is 0.0630. The monoisotopic (exact) mass is 416 g/mol. The van der Waals surface area contributed by atoms with Crippen molar-refractivity contribution in [3.05, 3.63) is 85.1 Å². The first-order valence-electron chi connectivity index (χ1n) is 10.6. The molecule has 0 aliphatic heterocycles. The van der Waals surface area contributed by atoms with Crippen LogP contribution in [0, 0.1) is 0 Å². The van der Waals surface area contributed by atoms with Gasteiger partial charge in [-0.05, 0) is 51.0 Å². The van der Waals surface area contributed by atoms with E-state index in [4.69, 9.17) is 28.0 Å². The van der Waals surface area contributed by atoms with Gasteiger partial charge >= 0.3 is 0 Å². The van der Waals surface area contributed by atoms with Crippen LogP contribution in [-0.2, 0) is 0 Å². The Hall–Kier alpha value is -3.85. The highest BCUT2D eigenvalue weighted by molar-refractivity contribution is 6.62. The molecule has 0 saturated heterocycles. The fourth-order valence-electron chi connectivity index (χ4n) is 4.81. The van der Waals surface area contributed by atoms with E-state index in [1.807, 2.05) is 60.7 Å². The molecule has 1 aromatic heterocycles. The van der Waals surface area contributed by atoms with Gasteiger partial charge in [0.25, 0.3) is 0 Å². The van der Waals surface area contributed by atoms with Crippen molar-refractivity contribution in [2.45, 2.75) is 0 Å². The fraction of sp³-hybridized carbons (Fsp3) is 0. The third-order valence-electron chi connectivity index (χ3n) is 6.36. The highest BCUT2D eigenvalue weighted by Crippen LogP contribution is 2.45. The predicted octanol–water partition coefficient (Wildman–Crippen LogP) is 4.16. The molecule has 0 saturated carbocycles. The summed E-state index contributed by atoms with van der Waals surface area (Å²) < 4.78 is 5.54. The molecule has 0 aliphatic carbocycles. The summed E-state index contributed by atoms with van der Waals surface area (Å²) in [5, 5.41) is 15.5. The summed E-state index contributed by atoms with van der Waals surface area (Å²) in [7, 11) is 19.1. The van der Waals surface area contributed by atoms with Crippen LogP contribution < -0.4 is 16.4 Å². The Labute approximate surface area is 195 Å². The zero-order valence-corrected chi connectivity index (χ0v) is 17.7. The van der Waals surface area contributed by atoms with E-state index >= 15 is 0 Å². The van der Waals surface area contributed by atoms with Crippen LogP contribution in [0.1, 0.15) is 0 Å². The van der Waals surface area contributed by atoms with Gasteiger partial charge in [-0.15, -0.1) is 5.46 Å².